The van der Waals surface area contributed by atoms with Gasteiger partial charge in [0.2, 0.25) is 0 Å². The lowest BCUT2D eigenvalue weighted by atomic mass is 9.77. The minimum absolute atomic E-state index is 0.192. The standard InChI is InChI=1S/C62H46N2/c1-61(2)49-31-19-17-29-45(49)47-35-33-43(37-51(47)61)53-54(44-34-36-48-46-30-18-20-32-50(46)62(3,4)52(48)38-44)56(40-23-11-6-12-24-40)60-59(55(53)39-21-9-5-10-22-39)63-57(41-25-13-7-14-26-41)58(64-60)42-27-15-8-16-28-42/h5-38H,1-4H3. The lowest BCUT2D eigenvalue weighted by Crippen LogP contribution is -2.15. The summed E-state index contributed by atoms with van der Waals surface area (Å²) in [6.45, 7) is 9.50. The van der Waals surface area contributed by atoms with Gasteiger partial charge in [0.1, 0.15) is 0 Å². The van der Waals surface area contributed by atoms with Gasteiger partial charge in [0.15, 0.2) is 0 Å². The van der Waals surface area contributed by atoms with E-state index in [-0.39, 0.29) is 10.8 Å². The first-order chi connectivity index (χ1) is 31.3. The summed E-state index contributed by atoms with van der Waals surface area (Å²) < 4.78 is 0. The predicted octanol–water partition coefficient (Wildman–Crippen LogP) is 16.2. The molecular formula is C62H46N2. The Bertz CT molecular complexity index is 3220. The molecule has 10 aromatic rings. The SMILES string of the molecule is CC1(C)c2ccccc2-c2ccc(-c3c(-c4ccc5c(c4)C(C)(C)c4ccccc4-5)c(-c4ccccc4)c4nc(-c5ccccc5)c(-c5ccccc5)nc4c3-c3ccccc3)cc21. The summed E-state index contributed by atoms with van der Waals surface area (Å²) in [7, 11) is 0. The van der Waals surface area contributed by atoms with Crippen LogP contribution in [0, 0.1) is 0 Å². The van der Waals surface area contributed by atoms with Gasteiger partial charge in [-0.15, -0.1) is 0 Å². The highest BCUT2D eigenvalue weighted by atomic mass is 14.8. The third-order valence-corrected chi connectivity index (χ3v) is 14.1. The molecule has 12 rings (SSSR count). The highest BCUT2D eigenvalue weighted by molar-refractivity contribution is 6.17. The second kappa shape index (κ2) is 14.4. The van der Waals surface area contributed by atoms with Crippen molar-refractivity contribution in [2.45, 2.75) is 38.5 Å². The van der Waals surface area contributed by atoms with E-state index >= 15 is 0 Å². The number of benzene rings is 9. The largest absolute Gasteiger partial charge is 0.243 e. The molecule has 0 atom stereocenters. The van der Waals surface area contributed by atoms with E-state index in [1.807, 2.05) is 0 Å². The molecule has 0 fully saturated rings. The van der Waals surface area contributed by atoms with Crippen LogP contribution in [0.15, 0.2) is 206 Å². The van der Waals surface area contributed by atoms with E-state index in [1.165, 1.54) is 44.5 Å². The Balaban J connectivity index is 1.29. The Labute approximate surface area is 375 Å². The Morgan fingerprint density at radius 1 is 0.266 bits per heavy atom. The van der Waals surface area contributed by atoms with Gasteiger partial charge in [-0.3, -0.25) is 0 Å². The van der Waals surface area contributed by atoms with E-state index in [9.17, 15) is 0 Å². The molecule has 0 spiro atoms. The van der Waals surface area contributed by atoms with Crippen LogP contribution in [0.25, 0.3) is 100 Å². The van der Waals surface area contributed by atoms with Crippen molar-refractivity contribution < 1.29 is 0 Å². The Kier molecular flexibility index (Phi) is 8.58. The van der Waals surface area contributed by atoms with Crippen LogP contribution in [0.2, 0.25) is 0 Å². The maximum Gasteiger partial charge on any atom is 0.0986 e. The molecule has 304 valence electrons. The summed E-state index contributed by atoms with van der Waals surface area (Å²) in [6.07, 6.45) is 0. The van der Waals surface area contributed by atoms with Crippen molar-refractivity contribution in [3.8, 4) is 89.3 Å². The second-order valence-corrected chi connectivity index (χ2v) is 18.4. The van der Waals surface area contributed by atoms with Gasteiger partial charge in [-0.1, -0.05) is 222 Å². The van der Waals surface area contributed by atoms with E-state index in [0.29, 0.717) is 0 Å². The zero-order chi connectivity index (χ0) is 43.2. The molecule has 0 amide bonds. The summed E-state index contributed by atoms with van der Waals surface area (Å²) in [6, 6.07) is 75.2. The topological polar surface area (TPSA) is 25.8 Å². The van der Waals surface area contributed by atoms with E-state index in [2.05, 4.69) is 234 Å². The normalized spacial score (nSPS) is 13.9. The van der Waals surface area contributed by atoms with Crippen molar-refractivity contribution in [3.63, 3.8) is 0 Å². The molecule has 2 aliphatic carbocycles. The molecular weight excluding hydrogens is 773 g/mol. The van der Waals surface area contributed by atoms with Crippen LogP contribution in [0.5, 0.6) is 0 Å². The van der Waals surface area contributed by atoms with Gasteiger partial charge < -0.3 is 0 Å². The highest BCUT2D eigenvalue weighted by Gasteiger charge is 2.38. The molecule has 1 heterocycles. The van der Waals surface area contributed by atoms with E-state index in [0.717, 1.165) is 78.1 Å². The Morgan fingerprint density at radius 3 is 0.953 bits per heavy atom. The van der Waals surface area contributed by atoms with E-state index < -0.39 is 0 Å². The number of hydrogen-bond donors (Lipinski definition) is 0. The van der Waals surface area contributed by atoms with Crippen molar-refractivity contribution in [2.24, 2.45) is 0 Å². The molecule has 0 bridgehead atoms. The number of aromatic nitrogens is 2. The number of hydrogen-bond acceptors (Lipinski definition) is 2. The van der Waals surface area contributed by atoms with Gasteiger partial charge in [-0.25, -0.2) is 9.97 Å². The van der Waals surface area contributed by atoms with Gasteiger partial charge >= 0.3 is 0 Å². The molecule has 1 aromatic heterocycles. The third-order valence-electron chi connectivity index (χ3n) is 14.1. The highest BCUT2D eigenvalue weighted by Crippen LogP contribution is 2.56. The molecule has 0 saturated heterocycles. The fraction of sp³-hybridized carbons (Fsp3) is 0.0968. The third kappa shape index (κ3) is 5.72. The zero-order valence-corrected chi connectivity index (χ0v) is 36.5. The van der Waals surface area contributed by atoms with Gasteiger partial charge in [-0.2, -0.15) is 0 Å². The second-order valence-electron chi connectivity index (χ2n) is 18.4. The monoisotopic (exact) mass is 818 g/mol. The number of rotatable bonds is 6. The molecule has 64 heavy (non-hydrogen) atoms. The molecule has 0 unspecified atom stereocenters. The predicted molar refractivity (Wildman–Crippen MR) is 267 cm³/mol. The van der Waals surface area contributed by atoms with Crippen molar-refractivity contribution in [1.82, 2.24) is 9.97 Å². The zero-order valence-electron chi connectivity index (χ0n) is 36.5. The summed E-state index contributed by atoms with van der Waals surface area (Å²) in [5, 5.41) is 0. The minimum atomic E-state index is -0.192. The van der Waals surface area contributed by atoms with Crippen LogP contribution in [-0.4, -0.2) is 9.97 Å². The average molecular weight is 819 g/mol. The van der Waals surface area contributed by atoms with Crippen molar-refractivity contribution in [1.29, 1.82) is 0 Å². The van der Waals surface area contributed by atoms with Crippen molar-refractivity contribution in [2.75, 3.05) is 0 Å². The van der Waals surface area contributed by atoms with Crippen LogP contribution >= 0.6 is 0 Å². The fourth-order valence-electron chi connectivity index (χ4n) is 10.9. The van der Waals surface area contributed by atoms with Crippen molar-refractivity contribution in [3.05, 3.63) is 229 Å². The molecule has 2 nitrogen and oxygen atoms in total. The smallest absolute Gasteiger partial charge is 0.0986 e. The Morgan fingerprint density at radius 2 is 0.578 bits per heavy atom. The minimum Gasteiger partial charge on any atom is -0.243 e. The first-order valence-electron chi connectivity index (χ1n) is 22.4. The van der Waals surface area contributed by atoms with E-state index in [4.69, 9.17) is 9.97 Å². The molecule has 2 aliphatic rings. The Hall–Kier alpha value is -7.68. The van der Waals surface area contributed by atoms with Crippen LogP contribution in [0.1, 0.15) is 49.9 Å². The first kappa shape index (κ1) is 38.0. The first-order valence-corrected chi connectivity index (χ1v) is 22.4. The molecule has 0 aliphatic heterocycles. The maximum absolute atomic E-state index is 5.88. The van der Waals surface area contributed by atoms with Gasteiger partial charge in [0.25, 0.3) is 0 Å². The lowest BCUT2D eigenvalue weighted by molar-refractivity contribution is 0.660. The van der Waals surface area contributed by atoms with Crippen LogP contribution in [0.4, 0.5) is 0 Å². The summed E-state index contributed by atoms with van der Waals surface area (Å²) in [5.41, 5.74) is 24.7. The molecule has 0 saturated carbocycles. The average Bonchev–Trinajstić information content (AvgIpc) is 3.72. The van der Waals surface area contributed by atoms with E-state index in [1.54, 1.807) is 0 Å². The van der Waals surface area contributed by atoms with Crippen LogP contribution in [0.3, 0.4) is 0 Å². The fourth-order valence-corrected chi connectivity index (χ4v) is 10.9. The number of nitrogens with zero attached hydrogens (tertiary/aromatic N) is 2. The number of fused-ring (bicyclic) bond motifs is 7. The molecule has 2 heteroatoms. The van der Waals surface area contributed by atoms with Gasteiger partial charge in [0.05, 0.1) is 22.4 Å². The summed E-state index contributed by atoms with van der Waals surface area (Å²) in [4.78, 5) is 11.8. The van der Waals surface area contributed by atoms with Gasteiger partial charge in [-0.05, 0) is 78.9 Å². The molecule has 0 radical (unpaired) electrons. The lowest BCUT2D eigenvalue weighted by Gasteiger charge is -2.27. The maximum atomic E-state index is 5.88. The van der Waals surface area contributed by atoms with Crippen LogP contribution in [-0.2, 0) is 10.8 Å². The van der Waals surface area contributed by atoms with Crippen LogP contribution < -0.4 is 0 Å². The van der Waals surface area contributed by atoms with Gasteiger partial charge in [0, 0.05) is 44.2 Å². The molecule has 9 aromatic carbocycles. The molecule has 0 N–H and O–H groups in total. The van der Waals surface area contributed by atoms with Crippen molar-refractivity contribution >= 4 is 11.0 Å². The summed E-state index contributed by atoms with van der Waals surface area (Å²) in [5.74, 6) is 0. The quantitative estimate of drug-likeness (QED) is 0.167. The summed E-state index contributed by atoms with van der Waals surface area (Å²) >= 11 is 0.